The first-order chi connectivity index (χ1) is 18.6. The molecule has 2 fully saturated rings. The number of aliphatic hydroxyl groups excluding tert-OH is 4. The summed E-state index contributed by atoms with van der Waals surface area (Å²) in [5.41, 5.74) is -1.07. The van der Waals surface area contributed by atoms with E-state index in [1.54, 1.807) is 24.3 Å². The van der Waals surface area contributed by atoms with Crippen molar-refractivity contribution in [3.05, 3.63) is 47.5 Å². The van der Waals surface area contributed by atoms with E-state index in [1.807, 2.05) is 0 Å². The molecule has 2 aromatic carbocycles. The monoisotopic (exact) mass is 550 g/mol. The van der Waals surface area contributed by atoms with Gasteiger partial charge in [-0.05, 0) is 42.3 Å². The lowest BCUT2D eigenvalue weighted by atomic mass is 9.80. The molecule has 12 nitrogen and oxygen atoms in total. The molecule has 2 saturated heterocycles. The van der Waals surface area contributed by atoms with Crippen LogP contribution in [0.5, 0.6) is 23.0 Å². The minimum Gasteiger partial charge on any atom is -0.493 e. The average molecular weight is 551 g/mol. The molecule has 0 aliphatic carbocycles. The Morgan fingerprint density at radius 2 is 1.51 bits per heavy atom. The molecule has 0 bridgehead atoms. The Kier molecular flexibility index (Phi) is 8.54. The maximum Gasteiger partial charge on any atom is 0.339 e. The van der Waals surface area contributed by atoms with Crippen molar-refractivity contribution in [1.82, 2.24) is 0 Å². The number of methoxy groups -OCH3 is 3. The predicted octanol–water partition coefficient (Wildman–Crippen LogP) is 0.0989. The predicted molar refractivity (Wildman–Crippen MR) is 134 cm³/mol. The van der Waals surface area contributed by atoms with Gasteiger partial charge in [0, 0.05) is 6.42 Å². The highest BCUT2D eigenvalue weighted by molar-refractivity contribution is 5.83. The molecule has 2 heterocycles. The third kappa shape index (κ3) is 5.36. The van der Waals surface area contributed by atoms with Crippen molar-refractivity contribution in [2.75, 3.05) is 27.9 Å². The number of rotatable bonds is 9. The number of hydrogen-bond donors (Lipinski definition) is 5. The van der Waals surface area contributed by atoms with E-state index >= 15 is 0 Å². The summed E-state index contributed by atoms with van der Waals surface area (Å²) >= 11 is 0. The molecule has 2 aromatic rings. The van der Waals surface area contributed by atoms with Gasteiger partial charge in [-0.25, -0.2) is 4.79 Å². The van der Waals surface area contributed by atoms with Gasteiger partial charge in [-0.3, -0.25) is 0 Å². The summed E-state index contributed by atoms with van der Waals surface area (Å²) < 4.78 is 32.7. The fraction of sp³-hybridized carbons (Fsp3) is 0.519. The van der Waals surface area contributed by atoms with Crippen molar-refractivity contribution < 1.29 is 58.7 Å². The highest BCUT2D eigenvalue weighted by Crippen LogP contribution is 2.45. The van der Waals surface area contributed by atoms with E-state index in [0.29, 0.717) is 22.6 Å². The Bertz CT molecular complexity index is 1170. The van der Waals surface area contributed by atoms with Crippen LogP contribution in [0.1, 0.15) is 24.2 Å². The SMILES string of the molecule is COc1ccc([C@H]2OC(=O)[C@](O)(Cc3ccc(O[C@@H]4O[C@H](C)[C@@H](O)[C@@H](O)[C@H]4O)c(OC)c3)[C@@H]2CO)cc1OC. The number of ether oxygens (including phenoxy) is 6. The molecule has 12 heteroatoms. The summed E-state index contributed by atoms with van der Waals surface area (Å²) in [4.78, 5) is 13.0. The van der Waals surface area contributed by atoms with Crippen molar-refractivity contribution in [2.45, 2.75) is 55.8 Å². The maximum absolute atomic E-state index is 13.0. The van der Waals surface area contributed by atoms with Gasteiger partial charge in [0.1, 0.15) is 24.4 Å². The number of carbonyl (C=O) groups excluding carboxylic acids is 1. The van der Waals surface area contributed by atoms with Gasteiger partial charge in [0.2, 0.25) is 6.29 Å². The Morgan fingerprint density at radius 3 is 2.15 bits per heavy atom. The number of carbonyl (C=O) groups is 1. The van der Waals surface area contributed by atoms with Gasteiger partial charge in [0.15, 0.2) is 28.6 Å². The summed E-state index contributed by atoms with van der Waals surface area (Å²) in [6.45, 7) is 0.994. The van der Waals surface area contributed by atoms with Crippen molar-refractivity contribution >= 4 is 5.97 Å². The van der Waals surface area contributed by atoms with Gasteiger partial charge in [-0.15, -0.1) is 0 Å². The summed E-state index contributed by atoms with van der Waals surface area (Å²) in [5, 5.41) is 51.9. The molecule has 2 aliphatic heterocycles. The van der Waals surface area contributed by atoms with Crippen molar-refractivity contribution in [1.29, 1.82) is 0 Å². The van der Waals surface area contributed by atoms with E-state index in [2.05, 4.69) is 0 Å². The summed E-state index contributed by atoms with van der Waals surface area (Å²) in [6, 6.07) is 9.54. The first-order valence-electron chi connectivity index (χ1n) is 12.4. The molecular weight excluding hydrogens is 516 g/mol. The number of hydrogen-bond acceptors (Lipinski definition) is 12. The minimum atomic E-state index is -2.06. The first kappa shape index (κ1) is 28.9. The smallest absolute Gasteiger partial charge is 0.339 e. The van der Waals surface area contributed by atoms with Crippen LogP contribution in [0.2, 0.25) is 0 Å². The van der Waals surface area contributed by atoms with Gasteiger partial charge in [-0.1, -0.05) is 12.1 Å². The van der Waals surface area contributed by atoms with Gasteiger partial charge in [0.25, 0.3) is 0 Å². The van der Waals surface area contributed by atoms with Crippen LogP contribution in [-0.4, -0.2) is 95.7 Å². The molecule has 0 spiro atoms. The van der Waals surface area contributed by atoms with Crippen molar-refractivity contribution in [3.63, 3.8) is 0 Å². The van der Waals surface area contributed by atoms with Crippen LogP contribution >= 0.6 is 0 Å². The van der Waals surface area contributed by atoms with E-state index in [9.17, 15) is 30.3 Å². The zero-order chi connectivity index (χ0) is 28.5. The topological polar surface area (TPSA) is 174 Å². The number of benzene rings is 2. The lowest BCUT2D eigenvalue weighted by Gasteiger charge is -2.39. The molecular formula is C27H34O12. The second kappa shape index (κ2) is 11.5. The molecule has 2 aliphatic rings. The molecule has 0 aromatic heterocycles. The minimum absolute atomic E-state index is 0.156. The van der Waals surface area contributed by atoms with Gasteiger partial charge < -0.3 is 54.0 Å². The summed E-state index contributed by atoms with van der Waals surface area (Å²) in [6.07, 6.45) is -7.50. The third-order valence-corrected chi connectivity index (χ3v) is 7.25. The first-order valence-corrected chi connectivity index (χ1v) is 12.4. The number of cyclic esters (lactones) is 1. The Morgan fingerprint density at radius 1 is 0.872 bits per heavy atom. The van der Waals surface area contributed by atoms with E-state index in [1.165, 1.54) is 40.4 Å². The van der Waals surface area contributed by atoms with Gasteiger partial charge >= 0.3 is 5.97 Å². The fourth-order valence-electron chi connectivity index (χ4n) is 4.95. The molecule has 39 heavy (non-hydrogen) atoms. The van der Waals surface area contributed by atoms with Gasteiger partial charge in [0.05, 0.1) is 40.0 Å². The van der Waals surface area contributed by atoms with Gasteiger partial charge in [-0.2, -0.15) is 0 Å². The third-order valence-electron chi connectivity index (χ3n) is 7.25. The molecule has 0 amide bonds. The molecule has 214 valence electrons. The highest BCUT2D eigenvalue weighted by Gasteiger charge is 2.56. The quantitative estimate of drug-likeness (QED) is 0.267. The van der Waals surface area contributed by atoms with Crippen LogP contribution in [0.25, 0.3) is 0 Å². The molecule has 0 saturated carbocycles. The zero-order valence-electron chi connectivity index (χ0n) is 22.0. The molecule has 8 atom stereocenters. The highest BCUT2D eigenvalue weighted by atomic mass is 16.7. The lowest BCUT2D eigenvalue weighted by Crippen LogP contribution is -2.58. The van der Waals surface area contributed by atoms with Crippen LogP contribution in [0.3, 0.4) is 0 Å². The van der Waals surface area contributed by atoms with Crippen LogP contribution in [0.15, 0.2) is 36.4 Å². The molecule has 0 unspecified atom stereocenters. The van der Waals surface area contributed by atoms with E-state index in [-0.39, 0.29) is 17.9 Å². The van der Waals surface area contributed by atoms with E-state index < -0.39 is 60.9 Å². The van der Waals surface area contributed by atoms with E-state index in [4.69, 9.17) is 28.4 Å². The Balaban J connectivity index is 1.56. The van der Waals surface area contributed by atoms with Crippen molar-refractivity contribution in [3.8, 4) is 23.0 Å². The van der Waals surface area contributed by atoms with Crippen LogP contribution in [0, 0.1) is 5.92 Å². The maximum atomic E-state index is 13.0. The average Bonchev–Trinajstić information content (AvgIpc) is 3.19. The Labute approximate surface area is 225 Å². The molecule has 0 radical (unpaired) electrons. The summed E-state index contributed by atoms with van der Waals surface area (Å²) in [7, 11) is 4.34. The number of aliphatic hydroxyl groups is 5. The van der Waals surface area contributed by atoms with E-state index in [0.717, 1.165) is 0 Å². The normalized spacial score (nSPS) is 32.4. The Hall–Kier alpha value is -3.13. The largest absolute Gasteiger partial charge is 0.493 e. The van der Waals surface area contributed by atoms with Crippen molar-refractivity contribution in [2.24, 2.45) is 5.92 Å². The standard InChI is InChI=1S/C27H34O12/c1-13-21(29)22(30)23(31)25(37-13)38-18-7-5-14(9-19(18)35-3)11-27(33)16(12-28)24(39-26(27)32)15-6-8-17(34-2)20(10-15)36-4/h5-10,13,16,21-25,28-31,33H,11-12H2,1-4H3/t13-,16-,21-,22-,23-,24-,25+,27+/m1/s1. The fourth-order valence-corrected chi connectivity index (χ4v) is 4.95. The summed E-state index contributed by atoms with van der Waals surface area (Å²) in [5.74, 6) is -0.650. The van der Waals surface area contributed by atoms with Crippen LogP contribution < -0.4 is 18.9 Å². The van der Waals surface area contributed by atoms with Crippen LogP contribution in [-0.2, 0) is 20.7 Å². The van der Waals surface area contributed by atoms with Crippen LogP contribution in [0.4, 0.5) is 0 Å². The molecule has 5 N–H and O–H groups in total. The second-order valence-corrected chi connectivity index (χ2v) is 9.61. The second-order valence-electron chi connectivity index (χ2n) is 9.61. The lowest BCUT2D eigenvalue weighted by molar-refractivity contribution is -0.268. The molecule has 4 rings (SSSR count). The zero-order valence-corrected chi connectivity index (χ0v) is 22.0. The number of esters is 1.